The van der Waals surface area contributed by atoms with E-state index >= 15 is 0 Å². The highest BCUT2D eigenvalue weighted by molar-refractivity contribution is 5.99. The van der Waals surface area contributed by atoms with E-state index in [0.717, 1.165) is 18.4 Å². The highest BCUT2D eigenvalue weighted by atomic mass is 16.5. The molecular formula is C27H33N5O4. The molecule has 1 aliphatic heterocycles. The van der Waals surface area contributed by atoms with E-state index in [0.29, 0.717) is 37.5 Å². The van der Waals surface area contributed by atoms with Crippen molar-refractivity contribution < 1.29 is 19.1 Å². The van der Waals surface area contributed by atoms with E-state index in [1.165, 1.54) is 5.56 Å². The summed E-state index contributed by atoms with van der Waals surface area (Å²) in [6.45, 7) is 5.85. The van der Waals surface area contributed by atoms with Gasteiger partial charge in [-0.25, -0.2) is 9.50 Å². The normalized spacial score (nSPS) is 20.7. The molecule has 2 aliphatic rings. The van der Waals surface area contributed by atoms with Crippen molar-refractivity contribution in [2.24, 2.45) is 5.92 Å². The number of carbonyl (C=O) groups excluding carboxylic acids is 2. The zero-order valence-corrected chi connectivity index (χ0v) is 21.0. The number of rotatable bonds is 7. The van der Waals surface area contributed by atoms with Gasteiger partial charge < -0.3 is 19.7 Å². The van der Waals surface area contributed by atoms with Crippen molar-refractivity contribution in [1.29, 1.82) is 0 Å². The predicted octanol–water partition coefficient (Wildman–Crippen LogP) is 2.76. The number of fused-ring (bicyclic) bond motifs is 3. The zero-order chi connectivity index (χ0) is 25.3. The maximum absolute atomic E-state index is 13.4. The number of benzene rings is 1. The first-order valence-corrected chi connectivity index (χ1v) is 12.5. The van der Waals surface area contributed by atoms with Gasteiger partial charge in [-0.2, -0.15) is 5.10 Å². The smallest absolute Gasteiger partial charge is 0.259 e. The lowest BCUT2D eigenvalue weighted by molar-refractivity contribution is -0.127. The third kappa shape index (κ3) is 4.16. The number of carbonyl (C=O) groups is 2. The van der Waals surface area contributed by atoms with Crippen LogP contribution in [-0.2, 0) is 19.7 Å². The number of ether oxygens (including phenoxy) is 2. The Bertz CT molecular complexity index is 1250. The van der Waals surface area contributed by atoms with Gasteiger partial charge in [0.2, 0.25) is 5.91 Å². The van der Waals surface area contributed by atoms with Crippen molar-refractivity contribution in [3.05, 3.63) is 65.6 Å². The summed E-state index contributed by atoms with van der Waals surface area (Å²) < 4.78 is 13.3. The monoisotopic (exact) mass is 491 g/mol. The van der Waals surface area contributed by atoms with E-state index in [9.17, 15) is 9.59 Å². The highest BCUT2D eigenvalue weighted by Crippen LogP contribution is 2.52. The van der Waals surface area contributed by atoms with Crippen molar-refractivity contribution in [3.8, 4) is 0 Å². The van der Waals surface area contributed by atoms with Crippen LogP contribution in [0.4, 0.5) is 0 Å². The number of nitrogens with one attached hydrogen (secondary N) is 1. The minimum Gasteiger partial charge on any atom is -0.382 e. The molecule has 1 aromatic carbocycles. The van der Waals surface area contributed by atoms with Crippen molar-refractivity contribution >= 4 is 17.5 Å². The number of hydrogen-bond acceptors (Lipinski definition) is 6. The van der Waals surface area contributed by atoms with Crippen LogP contribution in [0.5, 0.6) is 0 Å². The topological polar surface area (TPSA) is 98.1 Å². The van der Waals surface area contributed by atoms with E-state index in [4.69, 9.17) is 9.47 Å². The van der Waals surface area contributed by atoms with Crippen LogP contribution < -0.4 is 5.32 Å². The minimum atomic E-state index is -0.310. The Morgan fingerprint density at radius 3 is 2.69 bits per heavy atom. The molecule has 36 heavy (non-hydrogen) atoms. The number of methoxy groups -OCH3 is 1. The summed E-state index contributed by atoms with van der Waals surface area (Å²) in [5, 5.41) is 7.53. The Labute approximate surface area is 210 Å². The molecule has 3 heterocycles. The van der Waals surface area contributed by atoms with Gasteiger partial charge >= 0.3 is 0 Å². The van der Waals surface area contributed by atoms with Crippen LogP contribution in [0.3, 0.4) is 0 Å². The van der Waals surface area contributed by atoms with Crippen LogP contribution in [0.2, 0.25) is 0 Å². The van der Waals surface area contributed by atoms with Gasteiger partial charge in [0.05, 0.1) is 31.6 Å². The van der Waals surface area contributed by atoms with E-state index < -0.39 is 0 Å². The fourth-order valence-corrected chi connectivity index (χ4v) is 5.66. The second-order valence-electron chi connectivity index (χ2n) is 9.91. The van der Waals surface area contributed by atoms with Gasteiger partial charge in [-0.15, -0.1) is 0 Å². The number of aromatic nitrogens is 3. The number of piperidine rings is 1. The fourth-order valence-electron chi connectivity index (χ4n) is 5.66. The van der Waals surface area contributed by atoms with Gasteiger partial charge in [-0.3, -0.25) is 9.59 Å². The van der Waals surface area contributed by atoms with Crippen molar-refractivity contribution in [2.45, 2.75) is 44.2 Å². The summed E-state index contributed by atoms with van der Waals surface area (Å²) in [5.41, 5.74) is 3.06. The summed E-state index contributed by atoms with van der Waals surface area (Å²) in [5.74, 6) is -0.195. The molecule has 5 rings (SSSR count). The van der Waals surface area contributed by atoms with Crippen LogP contribution in [0.15, 0.2) is 48.9 Å². The van der Waals surface area contributed by atoms with Crippen molar-refractivity contribution in [1.82, 2.24) is 24.8 Å². The lowest BCUT2D eigenvalue weighted by Crippen LogP contribution is -2.52. The Morgan fingerprint density at radius 1 is 1.17 bits per heavy atom. The molecule has 1 saturated heterocycles. The molecule has 0 unspecified atom stereocenters. The molecule has 190 valence electrons. The molecule has 0 saturated carbocycles. The first-order chi connectivity index (χ1) is 17.5. The van der Waals surface area contributed by atoms with Crippen LogP contribution >= 0.6 is 0 Å². The zero-order valence-electron chi connectivity index (χ0n) is 21.0. The van der Waals surface area contributed by atoms with Gasteiger partial charge in [0.15, 0.2) is 5.65 Å². The Kier molecular flexibility index (Phi) is 6.77. The maximum Gasteiger partial charge on any atom is 0.259 e. The summed E-state index contributed by atoms with van der Waals surface area (Å²) in [7, 11) is 1.65. The molecule has 2 amide bonds. The summed E-state index contributed by atoms with van der Waals surface area (Å²) in [4.78, 5) is 32.4. The van der Waals surface area contributed by atoms with E-state index in [1.54, 1.807) is 36.3 Å². The van der Waals surface area contributed by atoms with Gasteiger partial charge in [0, 0.05) is 43.9 Å². The molecular weight excluding hydrogens is 458 g/mol. The average molecular weight is 492 g/mol. The van der Waals surface area contributed by atoms with E-state index in [1.807, 2.05) is 30.9 Å². The Morgan fingerprint density at radius 2 is 1.94 bits per heavy atom. The molecule has 2 aromatic heterocycles. The van der Waals surface area contributed by atoms with Crippen LogP contribution in [-0.4, -0.2) is 70.8 Å². The summed E-state index contributed by atoms with van der Waals surface area (Å²) >= 11 is 0. The molecule has 1 N–H and O–H groups in total. The Hall–Kier alpha value is -3.30. The third-order valence-electron chi connectivity index (χ3n) is 7.54. The van der Waals surface area contributed by atoms with E-state index in [-0.39, 0.29) is 35.3 Å². The SMILES string of the molecule is COCCO[C@H]1[C@H](NC(=O)C(C)C)c2ccccc2C12CCN(C(=O)c1cnn3cccnc13)CC2. The maximum atomic E-state index is 13.4. The molecule has 1 aliphatic carbocycles. The van der Waals surface area contributed by atoms with Crippen LogP contribution in [0.1, 0.15) is 54.2 Å². The van der Waals surface area contributed by atoms with Crippen molar-refractivity contribution in [2.75, 3.05) is 33.4 Å². The summed E-state index contributed by atoms with van der Waals surface area (Å²) in [6.07, 6.45) is 6.26. The highest BCUT2D eigenvalue weighted by Gasteiger charge is 2.54. The first-order valence-electron chi connectivity index (χ1n) is 12.5. The number of nitrogens with zero attached hydrogens (tertiary/aromatic N) is 4. The van der Waals surface area contributed by atoms with Gasteiger partial charge in [0.25, 0.3) is 5.91 Å². The molecule has 9 nitrogen and oxygen atoms in total. The molecule has 3 aromatic rings. The second-order valence-corrected chi connectivity index (χ2v) is 9.91. The first kappa shape index (κ1) is 24.4. The third-order valence-corrected chi connectivity index (χ3v) is 7.54. The number of amides is 2. The fraction of sp³-hybridized carbons (Fsp3) is 0.481. The molecule has 1 spiro atoms. The average Bonchev–Trinajstić information content (AvgIpc) is 3.43. The van der Waals surface area contributed by atoms with Gasteiger partial charge in [-0.1, -0.05) is 38.1 Å². The predicted molar refractivity (Wildman–Crippen MR) is 134 cm³/mol. The molecule has 0 bridgehead atoms. The largest absolute Gasteiger partial charge is 0.382 e. The van der Waals surface area contributed by atoms with Gasteiger partial charge in [0.1, 0.15) is 5.56 Å². The number of likely N-dealkylation sites (tertiary alicyclic amines) is 1. The lowest BCUT2D eigenvalue weighted by Gasteiger charge is -2.44. The standard InChI is InChI=1S/C27H33N5O4/c1-18(2)25(33)30-22-19-7-4-5-8-21(19)27(23(22)36-16-15-35-3)9-13-31(14-10-27)26(34)20-17-29-32-12-6-11-28-24(20)32/h4-8,11-12,17-18,22-23H,9-10,13-16H2,1-3H3,(H,30,33)/t22-,23+/m1/s1. The van der Waals surface area contributed by atoms with Crippen LogP contribution in [0, 0.1) is 5.92 Å². The molecule has 9 heteroatoms. The molecule has 0 radical (unpaired) electrons. The number of hydrogen-bond donors (Lipinski definition) is 1. The minimum absolute atomic E-state index is 0.000365. The van der Waals surface area contributed by atoms with E-state index in [2.05, 4.69) is 27.5 Å². The van der Waals surface area contributed by atoms with Gasteiger partial charge in [-0.05, 0) is 30.0 Å². The van der Waals surface area contributed by atoms with Crippen molar-refractivity contribution in [3.63, 3.8) is 0 Å². The Balaban J connectivity index is 1.43. The quantitative estimate of drug-likeness (QED) is 0.511. The molecule has 2 atom stereocenters. The second kappa shape index (κ2) is 9.99. The van der Waals surface area contributed by atoms with Crippen LogP contribution in [0.25, 0.3) is 5.65 Å². The molecule has 1 fully saturated rings. The lowest BCUT2D eigenvalue weighted by atomic mass is 9.71. The summed E-state index contributed by atoms with van der Waals surface area (Å²) in [6, 6.07) is 9.82.